The topological polar surface area (TPSA) is 118 Å². The third-order valence-corrected chi connectivity index (χ3v) is 5.31. The molecule has 0 atom stereocenters. The standard InChI is InChI=1S/C30H23NO9/c1-31(36-28(33)21-11-5-2-6-12-21)20-25(32)24-17-18-26(37-39-29(34)22-13-7-3-8-14-22)27(19-24)38-40-30(35)23-15-9-4-10-16-23/h2-19H,20H2,1H3. The number of nitrogens with zero attached hydrogens (tertiary/aromatic N) is 1. The molecule has 0 spiro atoms. The van der Waals surface area contributed by atoms with Gasteiger partial charge in [-0.3, -0.25) is 14.6 Å². The highest BCUT2D eigenvalue weighted by Crippen LogP contribution is 2.30. The average molecular weight is 542 g/mol. The van der Waals surface area contributed by atoms with E-state index < -0.39 is 23.7 Å². The average Bonchev–Trinajstić information content (AvgIpc) is 3.00. The van der Waals surface area contributed by atoms with E-state index in [9.17, 15) is 19.2 Å². The van der Waals surface area contributed by atoms with E-state index in [4.69, 9.17) is 24.4 Å². The van der Waals surface area contributed by atoms with Gasteiger partial charge in [0.1, 0.15) is 0 Å². The van der Waals surface area contributed by atoms with Crippen molar-refractivity contribution in [2.45, 2.75) is 0 Å². The first-order valence-electron chi connectivity index (χ1n) is 11.9. The van der Waals surface area contributed by atoms with Crippen molar-refractivity contribution in [2.75, 3.05) is 13.6 Å². The van der Waals surface area contributed by atoms with Crippen molar-refractivity contribution in [2.24, 2.45) is 0 Å². The number of rotatable bonds is 11. The van der Waals surface area contributed by atoms with Crippen molar-refractivity contribution in [3.8, 4) is 11.5 Å². The fourth-order valence-electron chi connectivity index (χ4n) is 3.32. The van der Waals surface area contributed by atoms with Crippen LogP contribution < -0.4 is 9.78 Å². The van der Waals surface area contributed by atoms with Gasteiger partial charge in [0.15, 0.2) is 5.78 Å². The highest BCUT2D eigenvalue weighted by atomic mass is 17.2. The molecule has 4 rings (SSSR count). The van der Waals surface area contributed by atoms with Crippen LogP contribution in [-0.2, 0) is 14.6 Å². The van der Waals surface area contributed by atoms with Crippen LogP contribution in [0.25, 0.3) is 0 Å². The second-order valence-electron chi connectivity index (χ2n) is 8.26. The van der Waals surface area contributed by atoms with Crippen molar-refractivity contribution in [1.82, 2.24) is 5.06 Å². The summed E-state index contributed by atoms with van der Waals surface area (Å²) in [7, 11) is 1.43. The highest BCUT2D eigenvalue weighted by Gasteiger charge is 2.20. The van der Waals surface area contributed by atoms with Crippen LogP contribution in [0.1, 0.15) is 41.4 Å². The lowest BCUT2D eigenvalue weighted by molar-refractivity contribution is -0.171. The molecule has 0 aliphatic rings. The van der Waals surface area contributed by atoms with E-state index in [1.807, 2.05) is 0 Å². The summed E-state index contributed by atoms with van der Waals surface area (Å²) in [5, 5.41) is 1.08. The minimum Gasteiger partial charge on any atom is -0.364 e. The third-order valence-electron chi connectivity index (χ3n) is 5.31. The van der Waals surface area contributed by atoms with Crippen LogP contribution in [0.3, 0.4) is 0 Å². The summed E-state index contributed by atoms with van der Waals surface area (Å²) in [4.78, 5) is 75.2. The van der Waals surface area contributed by atoms with Crippen LogP contribution in [0.15, 0.2) is 109 Å². The Balaban J connectivity index is 1.46. The summed E-state index contributed by atoms with van der Waals surface area (Å²) in [6, 6.07) is 28.4. The van der Waals surface area contributed by atoms with Crippen molar-refractivity contribution in [1.29, 1.82) is 0 Å². The van der Waals surface area contributed by atoms with Crippen LogP contribution in [0.5, 0.6) is 11.5 Å². The van der Waals surface area contributed by atoms with Gasteiger partial charge >= 0.3 is 17.9 Å². The lowest BCUT2D eigenvalue weighted by Gasteiger charge is -2.16. The zero-order valence-corrected chi connectivity index (χ0v) is 21.2. The van der Waals surface area contributed by atoms with Gasteiger partial charge in [0.25, 0.3) is 0 Å². The molecule has 0 bridgehead atoms. The van der Waals surface area contributed by atoms with Gasteiger partial charge < -0.3 is 4.84 Å². The van der Waals surface area contributed by atoms with E-state index in [0.29, 0.717) is 5.56 Å². The lowest BCUT2D eigenvalue weighted by Crippen LogP contribution is -2.29. The molecule has 0 aliphatic carbocycles. The molecule has 0 aromatic heterocycles. The molecule has 0 saturated heterocycles. The minimum atomic E-state index is -0.808. The molecule has 0 amide bonds. The van der Waals surface area contributed by atoms with Gasteiger partial charge in [-0.2, -0.15) is 0 Å². The first-order chi connectivity index (χ1) is 19.4. The number of carbonyl (C=O) groups is 4. The van der Waals surface area contributed by atoms with E-state index in [0.717, 1.165) is 5.06 Å². The van der Waals surface area contributed by atoms with E-state index in [2.05, 4.69) is 0 Å². The van der Waals surface area contributed by atoms with Gasteiger partial charge in [-0.15, -0.1) is 5.06 Å². The Labute approximate surface area is 229 Å². The third kappa shape index (κ3) is 7.53. The van der Waals surface area contributed by atoms with Gasteiger partial charge in [0.2, 0.25) is 11.5 Å². The van der Waals surface area contributed by atoms with Gasteiger partial charge in [-0.25, -0.2) is 24.2 Å². The van der Waals surface area contributed by atoms with E-state index in [1.165, 1.54) is 49.5 Å². The van der Waals surface area contributed by atoms with Gasteiger partial charge in [0.05, 0.1) is 23.2 Å². The molecular weight excluding hydrogens is 518 g/mol. The van der Waals surface area contributed by atoms with Gasteiger partial charge in [-0.1, -0.05) is 54.6 Å². The SMILES string of the molecule is CN(CC(=O)c1ccc(OOC(=O)c2ccccc2)c(OOC(=O)c2ccccc2)c1)OC(=O)c1ccccc1. The summed E-state index contributed by atoms with van der Waals surface area (Å²) in [6.07, 6.45) is 0. The minimum absolute atomic E-state index is 0.107. The van der Waals surface area contributed by atoms with Crippen LogP contribution in [-0.4, -0.2) is 42.3 Å². The predicted octanol–water partition coefficient (Wildman–Crippen LogP) is 4.87. The molecule has 0 radical (unpaired) electrons. The zero-order chi connectivity index (χ0) is 28.3. The Bertz CT molecular complexity index is 1480. The summed E-state index contributed by atoms with van der Waals surface area (Å²) in [5.74, 6) is -3.05. The molecule has 0 fully saturated rings. The number of hydrogen-bond acceptors (Lipinski definition) is 10. The van der Waals surface area contributed by atoms with Crippen molar-refractivity contribution < 1.29 is 43.6 Å². The highest BCUT2D eigenvalue weighted by molar-refractivity contribution is 5.98. The second kappa shape index (κ2) is 13.4. The number of likely N-dealkylation sites (N-methyl/N-ethyl adjacent to an activating group) is 1. The number of hydrogen-bond donors (Lipinski definition) is 0. The number of hydroxylamine groups is 2. The molecule has 4 aromatic carbocycles. The summed E-state index contributed by atoms with van der Waals surface area (Å²) in [6.45, 7) is -0.301. The second-order valence-corrected chi connectivity index (χ2v) is 8.26. The maximum absolute atomic E-state index is 12.9. The number of benzene rings is 4. The first kappa shape index (κ1) is 27.6. The molecule has 0 heterocycles. The number of Topliss-reactive ketones (excluding diaryl/α,β-unsaturated/α-hetero) is 1. The molecule has 0 aliphatic heterocycles. The molecule has 10 heteroatoms. The summed E-state index contributed by atoms with van der Waals surface area (Å²) in [5.41, 5.74) is 0.884. The molecule has 202 valence electrons. The molecule has 0 unspecified atom stereocenters. The monoisotopic (exact) mass is 541 g/mol. The Morgan fingerprint density at radius 1 is 0.550 bits per heavy atom. The van der Waals surface area contributed by atoms with E-state index in [-0.39, 0.29) is 34.7 Å². The Morgan fingerprint density at radius 2 is 1.00 bits per heavy atom. The first-order valence-corrected chi connectivity index (χ1v) is 11.9. The number of ketones is 1. The molecule has 0 N–H and O–H groups in total. The molecule has 4 aromatic rings. The van der Waals surface area contributed by atoms with Crippen LogP contribution >= 0.6 is 0 Å². The Morgan fingerprint density at radius 3 is 1.50 bits per heavy atom. The smallest absolute Gasteiger partial charge is 0.364 e. The van der Waals surface area contributed by atoms with Crippen LogP contribution in [0.2, 0.25) is 0 Å². The fraction of sp³-hybridized carbons (Fsp3) is 0.0667. The molecule has 10 nitrogen and oxygen atoms in total. The predicted molar refractivity (Wildman–Crippen MR) is 140 cm³/mol. The van der Waals surface area contributed by atoms with Crippen molar-refractivity contribution in [3.63, 3.8) is 0 Å². The molecule has 0 saturated carbocycles. The maximum Gasteiger partial charge on any atom is 0.386 e. The van der Waals surface area contributed by atoms with Crippen molar-refractivity contribution >= 4 is 23.7 Å². The molecular formula is C30H23NO9. The zero-order valence-electron chi connectivity index (χ0n) is 21.2. The van der Waals surface area contributed by atoms with Crippen LogP contribution in [0.4, 0.5) is 0 Å². The van der Waals surface area contributed by atoms with E-state index in [1.54, 1.807) is 66.7 Å². The van der Waals surface area contributed by atoms with Gasteiger partial charge in [-0.05, 0) is 48.5 Å². The number of carbonyl (C=O) groups excluding carboxylic acids is 4. The van der Waals surface area contributed by atoms with Crippen LogP contribution in [0, 0.1) is 0 Å². The Hall–Kier alpha value is -5.48. The largest absolute Gasteiger partial charge is 0.386 e. The van der Waals surface area contributed by atoms with Gasteiger partial charge in [0, 0.05) is 18.7 Å². The maximum atomic E-state index is 12.9. The molecule has 40 heavy (non-hydrogen) atoms. The lowest BCUT2D eigenvalue weighted by atomic mass is 10.1. The van der Waals surface area contributed by atoms with E-state index >= 15 is 0 Å². The summed E-state index contributed by atoms with van der Waals surface area (Å²) < 4.78 is 0. The normalized spacial score (nSPS) is 10.3. The fourth-order valence-corrected chi connectivity index (χ4v) is 3.32. The Kier molecular flexibility index (Phi) is 9.20. The quantitative estimate of drug-likeness (QED) is 0.148. The van der Waals surface area contributed by atoms with Crippen molar-refractivity contribution in [3.05, 3.63) is 131 Å². The summed E-state index contributed by atoms with van der Waals surface area (Å²) >= 11 is 0.